The third-order valence-corrected chi connectivity index (χ3v) is 5.53. The molecule has 0 radical (unpaired) electrons. The quantitative estimate of drug-likeness (QED) is 0.330. The Morgan fingerprint density at radius 1 is 1.14 bits per heavy atom. The summed E-state index contributed by atoms with van der Waals surface area (Å²) >= 11 is 6.11. The van der Waals surface area contributed by atoms with Gasteiger partial charge >= 0.3 is 5.97 Å². The van der Waals surface area contributed by atoms with Crippen molar-refractivity contribution in [1.82, 2.24) is 9.66 Å². The number of carboxylic acid groups (broad SMARTS) is 1. The maximum absolute atomic E-state index is 13.4. The van der Waals surface area contributed by atoms with Crippen LogP contribution in [0.1, 0.15) is 12.5 Å². The van der Waals surface area contributed by atoms with E-state index in [0.717, 1.165) is 5.39 Å². The molecule has 0 saturated heterocycles. The van der Waals surface area contributed by atoms with Gasteiger partial charge in [0, 0.05) is 10.4 Å². The summed E-state index contributed by atoms with van der Waals surface area (Å²) in [6, 6.07) is 20.7. The largest absolute Gasteiger partial charge is 0.479 e. The molecular weight excluding hydrogens is 470 g/mol. The Bertz CT molecular complexity index is 1670. The van der Waals surface area contributed by atoms with Gasteiger partial charge in [0.1, 0.15) is 11.3 Å². The number of carbonyl (C=O) groups is 1. The molecule has 0 amide bonds. The van der Waals surface area contributed by atoms with Crippen LogP contribution in [0, 0.1) is 0 Å². The number of halogens is 1. The second kappa shape index (κ2) is 9.08. The highest BCUT2D eigenvalue weighted by Crippen LogP contribution is 2.29. The Labute approximate surface area is 203 Å². The molecule has 0 aliphatic rings. The molecule has 5 aromatic rings. The van der Waals surface area contributed by atoms with Gasteiger partial charge in [0.05, 0.1) is 17.1 Å². The minimum absolute atomic E-state index is 0.226. The van der Waals surface area contributed by atoms with Crippen molar-refractivity contribution in [3.8, 4) is 17.3 Å². The number of aliphatic carboxylic acids is 1. The average molecular weight is 488 g/mol. The summed E-state index contributed by atoms with van der Waals surface area (Å²) in [5.41, 5.74) is 1.34. The van der Waals surface area contributed by atoms with Gasteiger partial charge in [-0.1, -0.05) is 35.9 Å². The summed E-state index contributed by atoms with van der Waals surface area (Å²) in [5, 5.41) is 15.2. The molecule has 0 bridgehead atoms. The summed E-state index contributed by atoms with van der Waals surface area (Å²) < 4.78 is 12.6. The third-order valence-electron chi connectivity index (χ3n) is 5.29. The predicted octanol–water partition coefficient (Wildman–Crippen LogP) is 5.20. The molecule has 1 atom stereocenters. The highest BCUT2D eigenvalue weighted by atomic mass is 35.5. The highest BCUT2D eigenvalue weighted by molar-refractivity contribution is 6.31. The van der Waals surface area contributed by atoms with Gasteiger partial charge in [-0.05, 0) is 61.0 Å². The van der Waals surface area contributed by atoms with E-state index in [0.29, 0.717) is 38.6 Å². The average Bonchev–Trinajstić information content (AvgIpc) is 3.26. The Kier molecular flexibility index (Phi) is 5.80. The van der Waals surface area contributed by atoms with Crippen LogP contribution in [0.15, 0.2) is 87.1 Å². The van der Waals surface area contributed by atoms with Gasteiger partial charge in [-0.2, -0.15) is 9.78 Å². The minimum atomic E-state index is -1.07. The van der Waals surface area contributed by atoms with Gasteiger partial charge in [-0.15, -0.1) is 0 Å². The molecule has 0 fully saturated rings. The number of fused-ring (bicyclic) bond motifs is 2. The molecule has 2 heterocycles. The predicted molar refractivity (Wildman–Crippen MR) is 133 cm³/mol. The maximum atomic E-state index is 13.4. The number of furan rings is 1. The van der Waals surface area contributed by atoms with Crippen molar-refractivity contribution >= 4 is 45.7 Å². The molecule has 8 nitrogen and oxygen atoms in total. The van der Waals surface area contributed by atoms with Crippen molar-refractivity contribution in [2.75, 3.05) is 0 Å². The van der Waals surface area contributed by atoms with E-state index in [2.05, 4.69) is 10.1 Å². The number of ether oxygens (including phenoxy) is 1. The fourth-order valence-electron chi connectivity index (χ4n) is 3.56. The summed E-state index contributed by atoms with van der Waals surface area (Å²) in [4.78, 5) is 29.1. The molecule has 0 saturated carbocycles. The first-order valence-corrected chi connectivity index (χ1v) is 11.0. The molecule has 0 aliphatic heterocycles. The molecule has 174 valence electrons. The van der Waals surface area contributed by atoms with E-state index in [1.807, 2.05) is 0 Å². The lowest BCUT2D eigenvalue weighted by Crippen LogP contribution is -2.22. The fraction of sp³-hybridized carbons (Fsp3) is 0.0769. The molecule has 0 aliphatic carbocycles. The van der Waals surface area contributed by atoms with E-state index in [1.165, 1.54) is 17.8 Å². The highest BCUT2D eigenvalue weighted by Gasteiger charge is 2.17. The molecule has 0 unspecified atom stereocenters. The molecule has 9 heteroatoms. The van der Waals surface area contributed by atoms with Crippen LogP contribution in [-0.2, 0) is 4.79 Å². The number of rotatable bonds is 6. The van der Waals surface area contributed by atoms with E-state index in [9.17, 15) is 9.59 Å². The lowest BCUT2D eigenvalue weighted by Gasteiger charge is -2.10. The number of aromatic nitrogens is 2. The number of hydrogen-bond donors (Lipinski definition) is 1. The first-order chi connectivity index (χ1) is 16.9. The van der Waals surface area contributed by atoms with Crippen LogP contribution < -0.4 is 10.3 Å². The van der Waals surface area contributed by atoms with Crippen LogP contribution in [0.3, 0.4) is 0 Å². The van der Waals surface area contributed by atoms with E-state index in [-0.39, 0.29) is 11.4 Å². The van der Waals surface area contributed by atoms with Crippen LogP contribution >= 0.6 is 11.6 Å². The maximum Gasteiger partial charge on any atom is 0.344 e. The zero-order valence-electron chi connectivity index (χ0n) is 18.4. The fourth-order valence-corrected chi connectivity index (χ4v) is 3.74. The Morgan fingerprint density at radius 2 is 1.97 bits per heavy atom. The smallest absolute Gasteiger partial charge is 0.344 e. The SMILES string of the molecule is C[C@@H](Oc1cccc(C=Nn2c(-c3cc4cc(Cl)ccc4o3)nc3ccccc3c2=O)c1)C(=O)O. The molecule has 0 spiro atoms. The standard InChI is InChI=1S/C26H18ClN3O5/c1-15(26(32)33)34-19-6-4-5-16(11-19)14-28-30-24(29-21-8-3-2-7-20(21)25(30)31)23-13-17-12-18(27)9-10-22(17)35-23/h2-15H,1H3,(H,32,33)/t15-/m1/s1. The molecular formula is C26H18ClN3O5. The van der Waals surface area contributed by atoms with Crippen molar-refractivity contribution in [3.63, 3.8) is 0 Å². The topological polar surface area (TPSA) is 107 Å². The lowest BCUT2D eigenvalue weighted by atomic mass is 10.2. The van der Waals surface area contributed by atoms with E-state index in [1.54, 1.807) is 72.8 Å². The van der Waals surface area contributed by atoms with Crippen molar-refractivity contribution in [2.24, 2.45) is 5.10 Å². The van der Waals surface area contributed by atoms with Crippen LogP contribution in [0.2, 0.25) is 5.02 Å². The van der Waals surface area contributed by atoms with Gasteiger partial charge in [0.2, 0.25) is 5.82 Å². The Morgan fingerprint density at radius 3 is 2.80 bits per heavy atom. The summed E-state index contributed by atoms with van der Waals surface area (Å²) in [6.07, 6.45) is 0.460. The zero-order chi connectivity index (χ0) is 24.5. The number of nitrogens with zero attached hydrogens (tertiary/aromatic N) is 3. The Balaban J connectivity index is 1.61. The minimum Gasteiger partial charge on any atom is -0.479 e. The van der Waals surface area contributed by atoms with Crippen LogP contribution in [0.25, 0.3) is 33.5 Å². The molecule has 3 aromatic carbocycles. The van der Waals surface area contributed by atoms with Crippen molar-refractivity contribution in [2.45, 2.75) is 13.0 Å². The van der Waals surface area contributed by atoms with Crippen molar-refractivity contribution in [3.05, 3.63) is 93.7 Å². The lowest BCUT2D eigenvalue weighted by molar-refractivity contribution is -0.144. The number of benzene rings is 3. The van der Waals surface area contributed by atoms with Crippen LogP contribution in [0.5, 0.6) is 5.75 Å². The summed E-state index contributed by atoms with van der Waals surface area (Å²) in [5.74, 6) is -0.129. The van der Waals surface area contributed by atoms with Crippen LogP contribution in [0.4, 0.5) is 0 Å². The third kappa shape index (κ3) is 4.51. The second-order valence-electron chi connectivity index (χ2n) is 7.78. The molecule has 1 N–H and O–H groups in total. The van der Waals surface area contributed by atoms with Gasteiger partial charge in [-0.25, -0.2) is 9.78 Å². The van der Waals surface area contributed by atoms with Crippen LogP contribution in [-0.4, -0.2) is 33.1 Å². The molecule has 35 heavy (non-hydrogen) atoms. The zero-order valence-corrected chi connectivity index (χ0v) is 19.1. The first kappa shape index (κ1) is 22.4. The second-order valence-corrected chi connectivity index (χ2v) is 8.21. The first-order valence-electron chi connectivity index (χ1n) is 10.6. The van der Waals surface area contributed by atoms with Gasteiger partial charge in [0.25, 0.3) is 5.56 Å². The normalized spacial score (nSPS) is 12.4. The van der Waals surface area contributed by atoms with E-state index >= 15 is 0 Å². The summed E-state index contributed by atoms with van der Waals surface area (Å²) in [6.45, 7) is 1.44. The van der Waals surface area contributed by atoms with E-state index < -0.39 is 12.1 Å². The number of hydrogen-bond acceptors (Lipinski definition) is 6. The van der Waals surface area contributed by atoms with Gasteiger partial charge in [0.15, 0.2) is 11.9 Å². The van der Waals surface area contributed by atoms with Gasteiger partial charge in [-0.3, -0.25) is 4.79 Å². The van der Waals surface area contributed by atoms with Gasteiger partial charge < -0.3 is 14.3 Å². The van der Waals surface area contributed by atoms with Crippen molar-refractivity contribution in [1.29, 1.82) is 0 Å². The molecule has 2 aromatic heterocycles. The Hall–Kier alpha value is -4.43. The summed E-state index contributed by atoms with van der Waals surface area (Å²) in [7, 11) is 0. The van der Waals surface area contributed by atoms with Crippen molar-refractivity contribution < 1.29 is 19.1 Å². The number of para-hydroxylation sites is 1. The van der Waals surface area contributed by atoms with E-state index in [4.69, 9.17) is 25.9 Å². The monoisotopic (exact) mass is 487 g/mol. The molecule has 5 rings (SSSR count). The number of carboxylic acids is 1.